The maximum absolute atomic E-state index is 11.0. The number of aromatic carboxylic acids is 1. The van der Waals surface area contributed by atoms with Gasteiger partial charge in [0.2, 0.25) is 0 Å². The fourth-order valence-electron chi connectivity index (χ4n) is 1.79. The monoisotopic (exact) mass is 252 g/mol. The number of nitrogens with zero attached hydrogens (tertiary/aromatic N) is 2. The highest BCUT2D eigenvalue weighted by atomic mass is 32.1. The normalized spacial score (nSPS) is 12.2. The molecule has 0 aliphatic rings. The summed E-state index contributed by atoms with van der Waals surface area (Å²) in [6.07, 6.45) is 0.815. The van der Waals surface area contributed by atoms with Crippen LogP contribution in [0.1, 0.15) is 43.1 Å². The van der Waals surface area contributed by atoms with Gasteiger partial charge in [-0.25, -0.2) is 9.48 Å². The molecule has 0 spiro atoms. The standard InChI is InChI=1S/C12H16N2O2S/c1-5-8-7-6-9(11(15)16)17-10(7)14(13-8)12(2,3)4/h6H,5H2,1-4H3,(H,15,16). The van der Waals surface area contributed by atoms with Crippen LogP contribution in [-0.2, 0) is 12.0 Å². The Bertz CT molecular complexity index is 575. The molecule has 0 bridgehead atoms. The Kier molecular flexibility index (Phi) is 2.73. The van der Waals surface area contributed by atoms with Gasteiger partial charge in [0.15, 0.2) is 0 Å². The van der Waals surface area contributed by atoms with Crippen LogP contribution in [0.5, 0.6) is 0 Å². The first-order valence-electron chi connectivity index (χ1n) is 5.59. The van der Waals surface area contributed by atoms with Crippen LogP contribution in [0.3, 0.4) is 0 Å². The number of hydrogen-bond donors (Lipinski definition) is 1. The molecule has 0 aliphatic carbocycles. The Labute approximate surface area is 104 Å². The van der Waals surface area contributed by atoms with E-state index in [0.717, 1.165) is 22.3 Å². The number of carboxylic acid groups (broad SMARTS) is 1. The molecule has 0 aliphatic heterocycles. The van der Waals surface area contributed by atoms with Gasteiger partial charge in [0.1, 0.15) is 9.71 Å². The molecular weight excluding hydrogens is 236 g/mol. The third-order valence-corrected chi connectivity index (χ3v) is 3.72. The molecule has 0 unspecified atom stereocenters. The van der Waals surface area contributed by atoms with Gasteiger partial charge in [-0.05, 0) is 33.3 Å². The van der Waals surface area contributed by atoms with Gasteiger partial charge < -0.3 is 5.11 Å². The molecule has 0 amide bonds. The number of carboxylic acids is 1. The van der Waals surface area contributed by atoms with Crippen molar-refractivity contribution in [1.29, 1.82) is 0 Å². The zero-order valence-corrected chi connectivity index (χ0v) is 11.3. The first kappa shape index (κ1) is 12.1. The van der Waals surface area contributed by atoms with Crippen molar-refractivity contribution in [3.05, 3.63) is 16.6 Å². The summed E-state index contributed by atoms with van der Waals surface area (Å²) in [6, 6.07) is 1.73. The zero-order chi connectivity index (χ0) is 12.8. The molecule has 2 heterocycles. The summed E-state index contributed by atoms with van der Waals surface area (Å²) in [5.74, 6) is -0.867. The topological polar surface area (TPSA) is 55.1 Å². The van der Waals surface area contributed by atoms with Crippen LogP contribution >= 0.6 is 11.3 Å². The number of thiophene rings is 1. The van der Waals surface area contributed by atoms with E-state index in [9.17, 15) is 4.79 Å². The summed E-state index contributed by atoms with van der Waals surface area (Å²) >= 11 is 1.30. The third kappa shape index (κ3) is 1.95. The van der Waals surface area contributed by atoms with Gasteiger partial charge in [0, 0.05) is 5.39 Å². The lowest BCUT2D eigenvalue weighted by Gasteiger charge is -2.19. The fraction of sp³-hybridized carbons (Fsp3) is 0.500. The minimum atomic E-state index is -0.867. The van der Waals surface area contributed by atoms with Gasteiger partial charge in [0.05, 0.1) is 11.2 Å². The number of fused-ring (bicyclic) bond motifs is 1. The van der Waals surface area contributed by atoms with Crippen molar-refractivity contribution in [2.75, 3.05) is 0 Å². The Hall–Kier alpha value is -1.36. The van der Waals surface area contributed by atoms with Crippen molar-refractivity contribution < 1.29 is 9.90 Å². The van der Waals surface area contributed by atoms with Gasteiger partial charge in [-0.3, -0.25) is 0 Å². The highest BCUT2D eigenvalue weighted by Gasteiger charge is 2.23. The molecule has 2 aromatic rings. The second-order valence-electron chi connectivity index (χ2n) is 5.02. The lowest BCUT2D eigenvalue weighted by Crippen LogP contribution is -2.22. The number of aryl methyl sites for hydroxylation is 1. The number of carbonyl (C=O) groups is 1. The number of hydrogen-bond acceptors (Lipinski definition) is 3. The largest absolute Gasteiger partial charge is 0.477 e. The van der Waals surface area contributed by atoms with Crippen LogP contribution in [-0.4, -0.2) is 20.9 Å². The average molecular weight is 252 g/mol. The fourth-order valence-corrected chi connectivity index (χ4v) is 2.95. The van der Waals surface area contributed by atoms with Crippen molar-refractivity contribution in [2.24, 2.45) is 0 Å². The van der Waals surface area contributed by atoms with Gasteiger partial charge in [-0.15, -0.1) is 11.3 Å². The summed E-state index contributed by atoms with van der Waals surface area (Å²) in [6.45, 7) is 8.24. The van der Waals surface area contributed by atoms with E-state index in [1.807, 2.05) is 11.6 Å². The smallest absolute Gasteiger partial charge is 0.345 e. The SMILES string of the molecule is CCc1nn(C(C)(C)C)c2sc(C(=O)O)cc12. The highest BCUT2D eigenvalue weighted by molar-refractivity contribution is 7.20. The van der Waals surface area contributed by atoms with Crippen LogP contribution in [0.2, 0.25) is 0 Å². The van der Waals surface area contributed by atoms with E-state index in [1.165, 1.54) is 11.3 Å². The van der Waals surface area contributed by atoms with E-state index >= 15 is 0 Å². The molecule has 5 heteroatoms. The van der Waals surface area contributed by atoms with Crippen molar-refractivity contribution in [3.63, 3.8) is 0 Å². The molecule has 92 valence electrons. The molecule has 1 N–H and O–H groups in total. The first-order chi connectivity index (χ1) is 7.84. The van der Waals surface area contributed by atoms with Gasteiger partial charge >= 0.3 is 5.97 Å². The summed E-state index contributed by atoms with van der Waals surface area (Å²) in [5, 5.41) is 14.6. The average Bonchev–Trinajstić information content (AvgIpc) is 2.72. The Morgan fingerprint density at radius 2 is 2.18 bits per heavy atom. The quantitative estimate of drug-likeness (QED) is 0.893. The maximum Gasteiger partial charge on any atom is 0.345 e. The summed E-state index contributed by atoms with van der Waals surface area (Å²) in [5.41, 5.74) is 0.838. The molecule has 0 fully saturated rings. The zero-order valence-electron chi connectivity index (χ0n) is 10.4. The Balaban J connectivity index is 2.73. The van der Waals surface area contributed by atoms with E-state index in [2.05, 4.69) is 25.9 Å². The van der Waals surface area contributed by atoms with Gasteiger partial charge in [-0.1, -0.05) is 6.92 Å². The van der Waals surface area contributed by atoms with Crippen LogP contribution in [0.15, 0.2) is 6.07 Å². The minimum Gasteiger partial charge on any atom is -0.477 e. The molecular formula is C12H16N2O2S. The molecule has 4 nitrogen and oxygen atoms in total. The molecule has 0 radical (unpaired) electrons. The summed E-state index contributed by atoms with van der Waals surface area (Å²) in [7, 11) is 0. The van der Waals surface area contributed by atoms with Gasteiger partial charge in [-0.2, -0.15) is 5.10 Å². The molecule has 0 saturated heterocycles. The predicted molar refractivity (Wildman–Crippen MR) is 68.9 cm³/mol. The van der Waals surface area contributed by atoms with E-state index in [0.29, 0.717) is 4.88 Å². The Morgan fingerprint density at radius 1 is 1.53 bits per heavy atom. The van der Waals surface area contributed by atoms with E-state index in [-0.39, 0.29) is 5.54 Å². The molecule has 2 aromatic heterocycles. The van der Waals surface area contributed by atoms with Crippen LogP contribution in [0.25, 0.3) is 10.2 Å². The van der Waals surface area contributed by atoms with Crippen LogP contribution in [0, 0.1) is 0 Å². The summed E-state index contributed by atoms with van der Waals surface area (Å²) < 4.78 is 1.93. The van der Waals surface area contributed by atoms with Crippen molar-refractivity contribution in [1.82, 2.24) is 9.78 Å². The first-order valence-corrected chi connectivity index (χ1v) is 6.41. The third-order valence-electron chi connectivity index (χ3n) is 2.62. The maximum atomic E-state index is 11.0. The number of rotatable bonds is 2. The molecule has 0 aromatic carbocycles. The van der Waals surface area contributed by atoms with Gasteiger partial charge in [0.25, 0.3) is 0 Å². The Morgan fingerprint density at radius 3 is 2.65 bits per heavy atom. The predicted octanol–water partition coefficient (Wildman–Crippen LogP) is 3.11. The van der Waals surface area contributed by atoms with Crippen LogP contribution in [0.4, 0.5) is 0 Å². The van der Waals surface area contributed by atoms with Crippen molar-refractivity contribution in [2.45, 2.75) is 39.7 Å². The van der Waals surface area contributed by atoms with E-state index in [4.69, 9.17) is 5.11 Å². The minimum absolute atomic E-state index is 0.133. The summed E-state index contributed by atoms with van der Waals surface area (Å²) in [4.78, 5) is 12.3. The van der Waals surface area contributed by atoms with Crippen molar-refractivity contribution >= 4 is 27.5 Å². The number of aromatic nitrogens is 2. The molecule has 0 saturated carbocycles. The second-order valence-corrected chi connectivity index (χ2v) is 6.05. The molecule has 0 atom stereocenters. The van der Waals surface area contributed by atoms with E-state index in [1.54, 1.807) is 6.07 Å². The lowest BCUT2D eigenvalue weighted by molar-refractivity contribution is 0.0702. The van der Waals surface area contributed by atoms with Crippen LogP contribution < -0.4 is 0 Å². The second kappa shape index (κ2) is 3.84. The van der Waals surface area contributed by atoms with E-state index < -0.39 is 5.97 Å². The lowest BCUT2D eigenvalue weighted by atomic mass is 10.1. The molecule has 17 heavy (non-hydrogen) atoms. The van der Waals surface area contributed by atoms with Crippen molar-refractivity contribution in [3.8, 4) is 0 Å². The highest BCUT2D eigenvalue weighted by Crippen LogP contribution is 2.32. The molecule has 2 rings (SSSR count).